The molecular formula is C19H17ClN2O. The van der Waals surface area contributed by atoms with Gasteiger partial charge in [-0.15, -0.1) is 12.4 Å². The van der Waals surface area contributed by atoms with Gasteiger partial charge in [-0.25, -0.2) is 4.98 Å². The van der Waals surface area contributed by atoms with Gasteiger partial charge >= 0.3 is 0 Å². The third-order valence-electron chi connectivity index (χ3n) is 3.98. The second-order valence-corrected chi connectivity index (χ2v) is 5.90. The van der Waals surface area contributed by atoms with Crippen LogP contribution in [0.15, 0.2) is 48.5 Å². The second-order valence-electron chi connectivity index (χ2n) is 5.90. The number of carbonyl (C=O) groups is 1. The Kier molecular flexibility index (Phi) is 3.82. The molecule has 0 bridgehead atoms. The molecule has 116 valence electrons. The highest BCUT2D eigenvalue weighted by molar-refractivity contribution is 6.26. The van der Waals surface area contributed by atoms with Crippen LogP contribution in [-0.4, -0.2) is 16.8 Å². The van der Waals surface area contributed by atoms with Gasteiger partial charge in [-0.05, 0) is 19.9 Å². The zero-order chi connectivity index (χ0) is 15.3. The normalized spacial score (nSPS) is 12.0. The highest BCUT2D eigenvalue weighted by Crippen LogP contribution is 2.42. The van der Waals surface area contributed by atoms with Gasteiger partial charge in [-0.3, -0.25) is 4.79 Å². The van der Waals surface area contributed by atoms with Crippen LogP contribution >= 0.6 is 12.4 Å². The lowest BCUT2D eigenvalue weighted by molar-refractivity contribution is 0.104. The Bertz CT molecular complexity index is 918. The van der Waals surface area contributed by atoms with Crippen molar-refractivity contribution in [2.75, 3.05) is 5.32 Å². The number of rotatable bonds is 2. The van der Waals surface area contributed by atoms with E-state index in [0.717, 1.165) is 33.4 Å². The third kappa shape index (κ3) is 2.28. The Balaban J connectivity index is 0.00000156. The molecule has 1 N–H and O–H groups in total. The molecule has 0 aliphatic heterocycles. The van der Waals surface area contributed by atoms with E-state index >= 15 is 0 Å². The maximum absolute atomic E-state index is 12.9. The van der Waals surface area contributed by atoms with Crippen LogP contribution in [0.4, 0.5) is 5.69 Å². The Labute approximate surface area is 141 Å². The van der Waals surface area contributed by atoms with Crippen LogP contribution < -0.4 is 5.32 Å². The van der Waals surface area contributed by atoms with Crippen molar-refractivity contribution >= 4 is 34.8 Å². The number of nitrogens with one attached hydrogen (secondary N) is 1. The number of hydrogen-bond donors (Lipinski definition) is 1. The first-order valence-corrected chi connectivity index (χ1v) is 7.50. The maximum atomic E-state index is 12.9. The number of benzene rings is 2. The average molecular weight is 325 g/mol. The van der Waals surface area contributed by atoms with Gasteiger partial charge in [0.25, 0.3) is 0 Å². The van der Waals surface area contributed by atoms with Crippen LogP contribution in [-0.2, 0) is 0 Å². The van der Waals surface area contributed by atoms with E-state index in [1.807, 2.05) is 48.5 Å². The highest BCUT2D eigenvalue weighted by atomic mass is 35.5. The van der Waals surface area contributed by atoms with Crippen LogP contribution in [0.3, 0.4) is 0 Å². The molecule has 1 heterocycles. The molecule has 0 spiro atoms. The number of aromatic nitrogens is 1. The van der Waals surface area contributed by atoms with Gasteiger partial charge in [-0.2, -0.15) is 0 Å². The fraction of sp³-hybridized carbons (Fsp3) is 0.158. The van der Waals surface area contributed by atoms with E-state index in [2.05, 4.69) is 19.2 Å². The molecule has 0 unspecified atom stereocenters. The highest BCUT2D eigenvalue weighted by Gasteiger charge is 2.31. The smallest absolute Gasteiger partial charge is 0.198 e. The van der Waals surface area contributed by atoms with E-state index < -0.39 is 0 Å². The van der Waals surface area contributed by atoms with E-state index in [-0.39, 0.29) is 24.2 Å². The van der Waals surface area contributed by atoms with Crippen LogP contribution in [0.1, 0.15) is 29.8 Å². The van der Waals surface area contributed by atoms with Crippen molar-refractivity contribution in [3.05, 3.63) is 59.7 Å². The van der Waals surface area contributed by atoms with E-state index in [9.17, 15) is 4.79 Å². The zero-order valence-electron chi connectivity index (χ0n) is 13.0. The van der Waals surface area contributed by atoms with Crippen molar-refractivity contribution < 1.29 is 4.79 Å². The first-order valence-electron chi connectivity index (χ1n) is 7.50. The summed E-state index contributed by atoms with van der Waals surface area (Å²) in [6, 6.07) is 15.9. The standard InChI is InChI=1S/C19H16N2O.ClH/c1-11(2)20-18-14-9-5-6-10-15(14)21-17-12-7-3-4-8-13(12)19(22)16(17)18;/h3-11H,1-2H3,(H,20,21);1H. The topological polar surface area (TPSA) is 42.0 Å². The Morgan fingerprint density at radius 3 is 2.35 bits per heavy atom. The van der Waals surface area contributed by atoms with E-state index in [0.29, 0.717) is 5.56 Å². The van der Waals surface area contributed by atoms with Crippen LogP contribution in [0.5, 0.6) is 0 Å². The van der Waals surface area contributed by atoms with Crippen LogP contribution in [0, 0.1) is 0 Å². The zero-order valence-corrected chi connectivity index (χ0v) is 13.8. The number of carbonyl (C=O) groups excluding carboxylic acids is 1. The summed E-state index contributed by atoms with van der Waals surface area (Å²) in [5.74, 6) is 0.0620. The molecule has 4 rings (SSSR count). The Morgan fingerprint density at radius 2 is 1.61 bits per heavy atom. The molecule has 0 fully saturated rings. The molecule has 0 radical (unpaired) electrons. The largest absolute Gasteiger partial charge is 0.382 e. The summed E-state index contributed by atoms with van der Waals surface area (Å²) in [5, 5.41) is 4.45. The number of nitrogens with zero attached hydrogens (tertiary/aromatic N) is 1. The number of para-hydroxylation sites is 1. The summed E-state index contributed by atoms with van der Waals surface area (Å²) in [6.07, 6.45) is 0. The van der Waals surface area contributed by atoms with Crippen LogP contribution in [0.25, 0.3) is 22.2 Å². The van der Waals surface area contributed by atoms with Gasteiger partial charge in [0.05, 0.1) is 22.5 Å². The predicted octanol–water partition coefficient (Wildman–Crippen LogP) is 4.69. The molecule has 2 aromatic carbocycles. The third-order valence-corrected chi connectivity index (χ3v) is 3.98. The molecule has 23 heavy (non-hydrogen) atoms. The monoisotopic (exact) mass is 324 g/mol. The lowest BCUT2D eigenvalue weighted by Crippen LogP contribution is -2.14. The van der Waals surface area contributed by atoms with Crippen molar-refractivity contribution in [3.8, 4) is 11.3 Å². The lowest BCUT2D eigenvalue weighted by atomic mass is 10.0. The minimum absolute atomic E-state index is 0. The SMILES string of the molecule is CC(C)Nc1c2c(nc3ccccc13)-c1ccccc1C2=O.Cl. The Morgan fingerprint density at radius 1 is 0.957 bits per heavy atom. The van der Waals surface area contributed by atoms with E-state index in [4.69, 9.17) is 4.98 Å². The number of fused-ring (bicyclic) bond motifs is 4. The molecule has 0 saturated heterocycles. The molecule has 0 amide bonds. The number of pyridine rings is 1. The lowest BCUT2D eigenvalue weighted by Gasteiger charge is -2.16. The minimum atomic E-state index is 0. The van der Waals surface area contributed by atoms with Crippen molar-refractivity contribution in [3.63, 3.8) is 0 Å². The molecule has 1 aliphatic rings. The van der Waals surface area contributed by atoms with Crippen molar-refractivity contribution in [2.45, 2.75) is 19.9 Å². The first kappa shape index (κ1) is 15.5. The molecule has 1 aliphatic carbocycles. The van der Waals surface area contributed by atoms with Crippen molar-refractivity contribution in [2.24, 2.45) is 0 Å². The summed E-state index contributed by atoms with van der Waals surface area (Å²) in [5.41, 5.74) is 4.98. The van der Waals surface area contributed by atoms with E-state index in [1.54, 1.807) is 0 Å². The molecule has 0 saturated carbocycles. The minimum Gasteiger partial charge on any atom is -0.382 e. The van der Waals surface area contributed by atoms with Gasteiger partial charge in [0.2, 0.25) is 0 Å². The fourth-order valence-electron chi connectivity index (χ4n) is 3.09. The molecule has 4 heteroatoms. The van der Waals surface area contributed by atoms with Crippen molar-refractivity contribution in [1.82, 2.24) is 4.98 Å². The number of anilines is 1. The van der Waals surface area contributed by atoms with Gasteiger partial charge in [0, 0.05) is 22.6 Å². The van der Waals surface area contributed by atoms with Crippen LogP contribution in [0.2, 0.25) is 0 Å². The van der Waals surface area contributed by atoms with Gasteiger partial charge < -0.3 is 5.32 Å². The second kappa shape index (κ2) is 5.67. The molecular weight excluding hydrogens is 308 g/mol. The number of hydrogen-bond acceptors (Lipinski definition) is 3. The summed E-state index contributed by atoms with van der Waals surface area (Å²) < 4.78 is 0. The van der Waals surface area contributed by atoms with Crippen molar-refractivity contribution in [1.29, 1.82) is 0 Å². The average Bonchev–Trinajstić information content (AvgIpc) is 2.80. The quantitative estimate of drug-likeness (QED) is 0.581. The van der Waals surface area contributed by atoms with Gasteiger partial charge in [0.15, 0.2) is 5.78 Å². The fourth-order valence-corrected chi connectivity index (χ4v) is 3.09. The summed E-state index contributed by atoms with van der Waals surface area (Å²) in [4.78, 5) is 17.6. The first-order chi connectivity index (χ1) is 10.7. The molecule has 3 nitrogen and oxygen atoms in total. The molecule has 3 aromatic rings. The number of ketones is 1. The van der Waals surface area contributed by atoms with Gasteiger partial charge in [0.1, 0.15) is 0 Å². The summed E-state index contributed by atoms with van der Waals surface area (Å²) in [7, 11) is 0. The summed E-state index contributed by atoms with van der Waals surface area (Å²) >= 11 is 0. The maximum Gasteiger partial charge on any atom is 0.198 e. The molecule has 1 aromatic heterocycles. The van der Waals surface area contributed by atoms with E-state index in [1.165, 1.54) is 0 Å². The Hall–Kier alpha value is -2.39. The van der Waals surface area contributed by atoms with Gasteiger partial charge in [-0.1, -0.05) is 42.5 Å². The summed E-state index contributed by atoms with van der Waals surface area (Å²) in [6.45, 7) is 4.16. The molecule has 0 atom stereocenters. The predicted molar refractivity (Wildman–Crippen MR) is 96.6 cm³/mol. The number of halogens is 1.